The third kappa shape index (κ3) is 13.9. The maximum Gasteiger partial charge on any atom is 0.211 e. The molecule has 0 aliphatic rings. The molecule has 2 heterocycles. The second-order valence-corrected chi connectivity index (χ2v) is 13.3. The molecule has 0 bridgehead atoms. The van der Waals surface area contributed by atoms with Crippen LogP contribution in [0.3, 0.4) is 0 Å². The van der Waals surface area contributed by atoms with Crippen molar-refractivity contribution in [2.24, 2.45) is 11.8 Å². The number of rotatable bonds is 22. The van der Waals surface area contributed by atoms with E-state index in [0.717, 1.165) is 37.8 Å². The van der Waals surface area contributed by atoms with E-state index in [1.165, 1.54) is 82.0 Å². The number of nitrogens with one attached hydrogen (secondary N) is 2. The van der Waals surface area contributed by atoms with Crippen LogP contribution in [0.2, 0.25) is 0 Å². The summed E-state index contributed by atoms with van der Waals surface area (Å²) in [7, 11) is 0. The molecule has 0 radical (unpaired) electrons. The van der Waals surface area contributed by atoms with Crippen molar-refractivity contribution in [1.29, 1.82) is 0 Å². The van der Waals surface area contributed by atoms with Gasteiger partial charge in [-0.2, -0.15) is 9.13 Å². The van der Waals surface area contributed by atoms with E-state index >= 15 is 0 Å². The standard InChI is InChI=1S/C33H54Br2N4/c1-5-9-14-28(7-3)26-36-30-18-22-38(23-19-30)32(34)16-12-11-13-17-33(35)39-24-20-31(21-25-39)37-27-29(8-4)15-10-6-2/h18-25,28-29,32-33H,5-17,26-27H2,1-4H3/p+2. The predicted octanol–water partition coefficient (Wildman–Crippen LogP) is 9.96. The van der Waals surface area contributed by atoms with Crippen LogP contribution in [0.25, 0.3) is 0 Å². The first-order chi connectivity index (χ1) is 19.0. The van der Waals surface area contributed by atoms with Crippen molar-refractivity contribution in [3.8, 4) is 0 Å². The Hall–Kier alpha value is -1.14. The number of aromatic nitrogens is 2. The van der Waals surface area contributed by atoms with Crippen molar-refractivity contribution in [3.05, 3.63) is 49.1 Å². The molecule has 0 saturated heterocycles. The normalized spacial score (nSPS) is 14.5. The summed E-state index contributed by atoms with van der Waals surface area (Å²) in [6.45, 7) is 11.3. The molecule has 39 heavy (non-hydrogen) atoms. The minimum absolute atomic E-state index is 0.350. The van der Waals surface area contributed by atoms with E-state index in [-0.39, 0.29) is 0 Å². The highest BCUT2D eigenvalue weighted by atomic mass is 79.9. The first-order valence-electron chi connectivity index (χ1n) is 15.8. The molecule has 0 aliphatic carbocycles. The van der Waals surface area contributed by atoms with E-state index in [2.05, 4.69) is 128 Å². The number of hydrogen-bond acceptors (Lipinski definition) is 2. The Balaban J connectivity index is 1.64. The lowest BCUT2D eigenvalue weighted by atomic mass is 9.99. The fourth-order valence-corrected chi connectivity index (χ4v) is 6.19. The summed E-state index contributed by atoms with van der Waals surface area (Å²) in [5, 5.41) is 7.28. The highest BCUT2D eigenvalue weighted by Crippen LogP contribution is 2.22. The number of halogens is 2. The van der Waals surface area contributed by atoms with Gasteiger partial charge in [-0.05, 0) is 69.4 Å². The van der Waals surface area contributed by atoms with Crippen molar-refractivity contribution in [1.82, 2.24) is 0 Å². The Labute approximate surface area is 257 Å². The minimum atomic E-state index is 0.350. The topological polar surface area (TPSA) is 31.8 Å². The molecule has 6 heteroatoms. The van der Waals surface area contributed by atoms with Gasteiger partial charge in [0.15, 0.2) is 24.8 Å². The first-order valence-corrected chi connectivity index (χ1v) is 17.6. The maximum atomic E-state index is 3.90. The lowest BCUT2D eigenvalue weighted by Gasteiger charge is -2.16. The van der Waals surface area contributed by atoms with E-state index in [1.807, 2.05) is 0 Å². The first kappa shape index (κ1) is 34.1. The Morgan fingerprint density at radius 3 is 1.28 bits per heavy atom. The van der Waals surface area contributed by atoms with Gasteiger partial charge in [-0.25, -0.2) is 0 Å². The molecule has 0 aliphatic heterocycles. The van der Waals surface area contributed by atoms with Crippen molar-refractivity contribution in [3.63, 3.8) is 0 Å². The summed E-state index contributed by atoms with van der Waals surface area (Å²) in [4.78, 5) is 0.700. The van der Waals surface area contributed by atoms with Gasteiger partial charge in [0.25, 0.3) is 0 Å². The average molecular weight is 669 g/mol. The van der Waals surface area contributed by atoms with Gasteiger partial charge < -0.3 is 10.6 Å². The molecule has 0 spiro atoms. The molecule has 2 aromatic rings. The Bertz CT molecular complexity index is 788. The monoisotopic (exact) mass is 666 g/mol. The number of hydrogen-bond donors (Lipinski definition) is 2. The van der Waals surface area contributed by atoms with Crippen LogP contribution in [0.5, 0.6) is 0 Å². The van der Waals surface area contributed by atoms with Crippen LogP contribution in [0.4, 0.5) is 11.4 Å². The summed E-state index contributed by atoms with van der Waals surface area (Å²) in [5.41, 5.74) is 2.45. The van der Waals surface area contributed by atoms with Crippen molar-refractivity contribution >= 4 is 43.2 Å². The summed E-state index contributed by atoms with van der Waals surface area (Å²) in [5.74, 6) is 1.54. The Morgan fingerprint density at radius 2 is 0.949 bits per heavy atom. The van der Waals surface area contributed by atoms with E-state index in [1.54, 1.807) is 0 Å². The minimum Gasteiger partial charge on any atom is -0.384 e. The summed E-state index contributed by atoms with van der Waals surface area (Å²) in [6, 6.07) is 8.84. The summed E-state index contributed by atoms with van der Waals surface area (Å²) in [6.07, 6.45) is 25.2. The van der Waals surface area contributed by atoms with Crippen LogP contribution >= 0.6 is 31.9 Å². The second-order valence-electron chi connectivity index (χ2n) is 11.2. The van der Waals surface area contributed by atoms with Gasteiger partial charge in [-0.3, -0.25) is 0 Å². The molecule has 0 fully saturated rings. The van der Waals surface area contributed by atoms with E-state index in [4.69, 9.17) is 0 Å². The zero-order valence-corrected chi connectivity index (χ0v) is 28.4. The highest BCUT2D eigenvalue weighted by Gasteiger charge is 2.16. The third-order valence-corrected chi connectivity index (χ3v) is 9.87. The lowest BCUT2D eigenvalue weighted by Crippen LogP contribution is -2.35. The third-order valence-electron chi connectivity index (χ3n) is 8.01. The highest BCUT2D eigenvalue weighted by molar-refractivity contribution is 9.09. The average Bonchev–Trinajstić information content (AvgIpc) is 2.97. The molecule has 2 aromatic heterocycles. The molecule has 0 amide bonds. The lowest BCUT2D eigenvalue weighted by molar-refractivity contribution is -0.698. The fourth-order valence-electron chi connectivity index (χ4n) is 5.00. The van der Waals surface area contributed by atoms with Gasteiger partial charge in [0.05, 0.1) is 0 Å². The van der Waals surface area contributed by atoms with Gasteiger partial charge in [0.1, 0.15) is 0 Å². The number of nitrogens with zero attached hydrogens (tertiary/aromatic N) is 2. The number of alkyl halides is 2. The second kappa shape index (κ2) is 20.7. The van der Waals surface area contributed by atoms with E-state index < -0.39 is 0 Å². The SMILES string of the molecule is CCCCC(CC)CNc1cc[n+](C(Br)CCCCCC(Br)[n+]2ccc(NCC(CC)CCCC)cc2)cc1. The van der Waals surface area contributed by atoms with E-state index in [0.29, 0.717) is 9.90 Å². The number of anilines is 2. The van der Waals surface area contributed by atoms with Crippen LogP contribution in [-0.2, 0) is 0 Å². The molecule has 4 unspecified atom stereocenters. The van der Waals surface area contributed by atoms with Gasteiger partial charge in [-0.1, -0.05) is 72.6 Å². The van der Waals surface area contributed by atoms with Crippen LogP contribution in [-0.4, -0.2) is 13.1 Å². The van der Waals surface area contributed by atoms with E-state index in [9.17, 15) is 0 Å². The van der Waals surface area contributed by atoms with Gasteiger partial charge in [-0.15, -0.1) is 0 Å². The molecule has 4 nitrogen and oxygen atoms in total. The molecular weight excluding hydrogens is 612 g/mol. The van der Waals surface area contributed by atoms with Crippen LogP contribution in [0.15, 0.2) is 49.1 Å². The molecule has 0 aromatic carbocycles. The summed E-state index contributed by atoms with van der Waals surface area (Å²) >= 11 is 7.80. The van der Waals surface area contributed by atoms with Crippen LogP contribution in [0, 0.1) is 11.8 Å². The summed E-state index contributed by atoms with van der Waals surface area (Å²) < 4.78 is 4.57. The molecule has 2 N–H and O–H groups in total. The molecular formula is C33H56Br2N4+2. The predicted molar refractivity (Wildman–Crippen MR) is 176 cm³/mol. The van der Waals surface area contributed by atoms with Crippen molar-refractivity contribution < 1.29 is 9.13 Å². The van der Waals surface area contributed by atoms with Crippen molar-refractivity contribution in [2.75, 3.05) is 23.7 Å². The molecule has 0 saturated carbocycles. The smallest absolute Gasteiger partial charge is 0.211 e. The van der Waals surface area contributed by atoms with Crippen LogP contribution in [0.1, 0.15) is 121 Å². The fraction of sp³-hybridized carbons (Fsp3) is 0.697. The maximum absolute atomic E-state index is 3.90. The van der Waals surface area contributed by atoms with Gasteiger partial charge in [0.2, 0.25) is 9.90 Å². The Morgan fingerprint density at radius 1 is 0.564 bits per heavy atom. The largest absolute Gasteiger partial charge is 0.384 e. The number of unbranched alkanes of at least 4 members (excludes halogenated alkanes) is 4. The molecule has 4 atom stereocenters. The van der Waals surface area contributed by atoms with Crippen LogP contribution < -0.4 is 19.8 Å². The molecule has 2 rings (SSSR count). The molecule has 220 valence electrons. The zero-order chi connectivity index (χ0) is 28.3. The number of pyridine rings is 2. The van der Waals surface area contributed by atoms with Gasteiger partial charge >= 0.3 is 0 Å². The zero-order valence-electron chi connectivity index (χ0n) is 25.2. The van der Waals surface area contributed by atoms with Gasteiger partial charge in [0, 0.05) is 61.6 Å². The Kier molecular flexibility index (Phi) is 18.1. The quantitative estimate of drug-likeness (QED) is 0.0744. The van der Waals surface area contributed by atoms with Crippen molar-refractivity contribution in [2.45, 2.75) is 121 Å².